The van der Waals surface area contributed by atoms with E-state index in [-0.39, 0.29) is 29.6 Å². The molecule has 0 aliphatic rings. The molecule has 1 aromatic carbocycles. The number of nitrogens with one attached hydrogen (secondary N) is 1. The third-order valence-electron chi connectivity index (χ3n) is 3.21. The van der Waals surface area contributed by atoms with Crippen molar-refractivity contribution in [2.24, 2.45) is 0 Å². The number of hydrogen-bond acceptors (Lipinski definition) is 5. The highest BCUT2D eigenvalue weighted by Gasteiger charge is 2.15. The quantitative estimate of drug-likeness (QED) is 0.667. The summed E-state index contributed by atoms with van der Waals surface area (Å²) < 4.78 is 6.47. The van der Waals surface area contributed by atoms with E-state index in [9.17, 15) is 14.9 Å². The zero-order valence-electron chi connectivity index (χ0n) is 12.8. The zero-order chi connectivity index (χ0) is 17.1. The van der Waals surface area contributed by atoms with E-state index in [4.69, 9.17) is 16.3 Å². The molecule has 0 saturated heterocycles. The fraction of sp³-hybridized carbons (Fsp3) is 0.286. The van der Waals surface area contributed by atoms with E-state index < -0.39 is 4.92 Å². The van der Waals surface area contributed by atoms with Crippen molar-refractivity contribution in [1.82, 2.24) is 9.78 Å². The molecule has 1 N–H and O–H groups in total. The molecule has 0 unspecified atom stereocenters. The standard InChI is InChI=1S/C14H15ClN4O4/c1-8-14(15)9(2)18(17-8)7-13(20)16-10-4-11(19(21)22)6-12(5-10)23-3/h4-6H,7H2,1-3H3,(H,16,20). The van der Waals surface area contributed by atoms with Crippen molar-refractivity contribution < 1.29 is 14.5 Å². The van der Waals surface area contributed by atoms with Gasteiger partial charge in [-0.2, -0.15) is 5.10 Å². The van der Waals surface area contributed by atoms with Crippen LogP contribution in [0.5, 0.6) is 5.75 Å². The summed E-state index contributed by atoms with van der Waals surface area (Å²) in [6.45, 7) is 3.45. The van der Waals surface area contributed by atoms with Gasteiger partial charge in [-0.1, -0.05) is 11.6 Å². The van der Waals surface area contributed by atoms with Crippen LogP contribution in [-0.4, -0.2) is 27.7 Å². The number of carbonyl (C=O) groups is 1. The second-order valence-corrected chi connectivity index (χ2v) is 5.25. The van der Waals surface area contributed by atoms with Crippen molar-refractivity contribution in [3.8, 4) is 5.75 Å². The number of nitro benzene ring substituents is 1. The zero-order valence-corrected chi connectivity index (χ0v) is 13.5. The SMILES string of the molecule is COc1cc(NC(=O)Cn2nc(C)c(Cl)c2C)cc([N+](=O)[O-])c1. The Morgan fingerprint density at radius 2 is 2.13 bits per heavy atom. The lowest BCUT2D eigenvalue weighted by atomic mass is 10.2. The molecule has 1 heterocycles. The first kappa shape index (κ1) is 16.8. The Hall–Kier alpha value is -2.61. The molecule has 0 bridgehead atoms. The number of anilines is 1. The van der Waals surface area contributed by atoms with Crippen LogP contribution in [0.4, 0.5) is 11.4 Å². The molecule has 0 aliphatic carbocycles. The smallest absolute Gasteiger partial charge is 0.275 e. The van der Waals surface area contributed by atoms with Crippen molar-refractivity contribution in [3.63, 3.8) is 0 Å². The molecule has 122 valence electrons. The number of nitro groups is 1. The number of aryl methyl sites for hydroxylation is 1. The highest BCUT2D eigenvalue weighted by Crippen LogP contribution is 2.26. The molecule has 1 aromatic heterocycles. The van der Waals surface area contributed by atoms with Crippen LogP contribution in [0.2, 0.25) is 5.02 Å². The average molecular weight is 339 g/mol. The average Bonchev–Trinajstić information content (AvgIpc) is 2.73. The van der Waals surface area contributed by atoms with Gasteiger partial charge in [-0.25, -0.2) is 0 Å². The molecule has 23 heavy (non-hydrogen) atoms. The number of rotatable bonds is 5. The molecule has 0 fully saturated rings. The predicted octanol–water partition coefficient (Wildman–Crippen LogP) is 2.71. The van der Waals surface area contributed by atoms with Gasteiger partial charge in [-0.3, -0.25) is 19.6 Å². The molecule has 0 spiro atoms. The van der Waals surface area contributed by atoms with Crippen molar-refractivity contribution in [2.75, 3.05) is 12.4 Å². The molecule has 0 atom stereocenters. The summed E-state index contributed by atoms with van der Waals surface area (Å²) in [6, 6.07) is 4.03. The van der Waals surface area contributed by atoms with Gasteiger partial charge in [0.1, 0.15) is 12.3 Å². The van der Waals surface area contributed by atoms with Gasteiger partial charge in [0.15, 0.2) is 0 Å². The molecule has 0 aliphatic heterocycles. The maximum absolute atomic E-state index is 12.1. The maximum Gasteiger partial charge on any atom is 0.275 e. The number of methoxy groups -OCH3 is 1. The minimum Gasteiger partial charge on any atom is -0.496 e. The highest BCUT2D eigenvalue weighted by molar-refractivity contribution is 6.31. The maximum atomic E-state index is 12.1. The van der Waals surface area contributed by atoms with E-state index in [1.807, 2.05) is 0 Å². The van der Waals surface area contributed by atoms with E-state index in [1.165, 1.54) is 30.0 Å². The van der Waals surface area contributed by atoms with Crippen molar-refractivity contribution in [1.29, 1.82) is 0 Å². The van der Waals surface area contributed by atoms with Crippen LogP contribution < -0.4 is 10.1 Å². The van der Waals surface area contributed by atoms with Gasteiger partial charge >= 0.3 is 0 Å². The molecule has 0 saturated carbocycles. The Morgan fingerprint density at radius 1 is 1.43 bits per heavy atom. The predicted molar refractivity (Wildman–Crippen MR) is 85.0 cm³/mol. The Kier molecular flexibility index (Phi) is 4.85. The van der Waals surface area contributed by atoms with Gasteiger partial charge in [0.2, 0.25) is 5.91 Å². The normalized spacial score (nSPS) is 10.4. The summed E-state index contributed by atoms with van der Waals surface area (Å²) in [5.74, 6) is -0.0986. The third-order valence-corrected chi connectivity index (χ3v) is 3.76. The van der Waals surface area contributed by atoms with Crippen molar-refractivity contribution >= 4 is 28.9 Å². The Labute approximate surface area is 137 Å². The first-order chi connectivity index (χ1) is 10.8. The van der Waals surface area contributed by atoms with Gasteiger partial charge in [-0.05, 0) is 13.8 Å². The van der Waals surface area contributed by atoms with Crippen LogP contribution in [0, 0.1) is 24.0 Å². The second kappa shape index (κ2) is 6.66. The van der Waals surface area contributed by atoms with Crippen LogP contribution in [0.1, 0.15) is 11.4 Å². The molecule has 0 radical (unpaired) electrons. The minimum absolute atomic E-state index is 0.0512. The van der Waals surface area contributed by atoms with Gasteiger partial charge < -0.3 is 10.1 Å². The fourth-order valence-electron chi connectivity index (χ4n) is 2.04. The lowest BCUT2D eigenvalue weighted by Gasteiger charge is -2.08. The number of aromatic nitrogens is 2. The summed E-state index contributed by atoms with van der Waals surface area (Å²) in [6.07, 6.45) is 0. The highest BCUT2D eigenvalue weighted by atomic mass is 35.5. The Balaban J connectivity index is 2.18. The van der Waals surface area contributed by atoms with E-state index in [2.05, 4.69) is 10.4 Å². The third kappa shape index (κ3) is 3.78. The largest absolute Gasteiger partial charge is 0.496 e. The fourth-order valence-corrected chi connectivity index (χ4v) is 2.18. The number of non-ortho nitro benzene ring substituents is 1. The number of carbonyl (C=O) groups excluding carboxylic acids is 1. The summed E-state index contributed by atoms with van der Waals surface area (Å²) in [4.78, 5) is 22.4. The number of amides is 1. The van der Waals surface area contributed by atoms with Crippen LogP contribution in [0.15, 0.2) is 18.2 Å². The molecular weight excluding hydrogens is 324 g/mol. The molecule has 2 aromatic rings. The first-order valence-electron chi connectivity index (χ1n) is 6.64. The van der Waals surface area contributed by atoms with E-state index >= 15 is 0 Å². The van der Waals surface area contributed by atoms with Gasteiger partial charge in [-0.15, -0.1) is 0 Å². The summed E-state index contributed by atoms with van der Waals surface area (Å²) >= 11 is 6.03. The number of benzene rings is 1. The summed E-state index contributed by atoms with van der Waals surface area (Å²) in [5, 5.41) is 18.2. The van der Waals surface area contributed by atoms with Crippen molar-refractivity contribution in [2.45, 2.75) is 20.4 Å². The Morgan fingerprint density at radius 3 is 2.65 bits per heavy atom. The molecule has 1 amide bonds. The lowest BCUT2D eigenvalue weighted by Crippen LogP contribution is -2.20. The second-order valence-electron chi connectivity index (χ2n) is 4.87. The van der Waals surface area contributed by atoms with Crippen molar-refractivity contribution in [3.05, 3.63) is 44.7 Å². The summed E-state index contributed by atoms with van der Waals surface area (Å²) in [5.41, 5.74) is 1.41. The lowest BCUT2D eigenvalue weighted by molar-refractivity contribution is -0.384. The molecular formula is C14H15ClN4O4. The van der Waals surface area contributed by atoms with E-state index in [0.717, 1.165) is 0 Å². The van der Waals surface area contributed by atoms with E-state index in [0.29, 0.717) is 16.4 Å². The molecule has 8 nitrogen and oxygen atoms in total. The van der Waals surface area contributed by atoms with Gasteiger partial charge in [0.05, 0.1) is 40.2 Å². The first-order valence-corrected chi connectivity index (χ1v) is 7.02. The monoisotopic (exact) mass is 338 g/mol. The molecule has 9 heteroatoms. The number of ether oxygens (including phenoxy) is 1. The van der Waals surface area contributed by atoms with E-state index in [1.54, 1.807) is 13.8 Å². The van der Waals surface area contributed by atoms with Gasteiger partial charge in [0.25, 0.3) is 5.69 Å². The van der Waals surface area contributed by atoms with Crippen LogP contribution in [0.3, 0.4) is 0 Å². The van der Waals surface area contributed by atoms with Crippen LogP contribution >= 0.6 is 11.6 Å². The number of hydrogen-bond donors (Lipinski definition) is 1. The number of nitrogens with zero attached hydrogens (tertiary/aromatic N) is 3. The van der Waals surface area contributed by atoms with Crippen LogP contribution in [-0.2, 0) is 11.3 Å². The summed E-state index contributed by atoms with van der Waals surface area (Å²) in [7, 11) is 1.39. The number of halogens is 1. The topological polar surface area (TPSA) is 99.3 Å². The Bertz CT molecular complexity index is 772. The van der Waals surface area contributed by atoms with Gasteiger partial charge in [0, 0.05) is 12.1 Å². The molecule has 2 rings (SSSR count). The minimum atomic E-state index is -0.557. The van der Waals surface area contributed by atoms with Crippen LogP contribution in [0.25, 0.3) is 0 Å².